The quantitative estimate of drug-likeness (QED) is 0.232. The highest BCUT2D eigenvalue weighted by Gasteiger charge is 2.34. The zero-order valence-electron chi connectivity index (χ0n) is 19.9. The van der Waals surface area contributed by atoms with E-state index in [-0.39, 0.29) is 43.4 Å². The van der Waals surface area contributed by atoms with Crippen LogP contribution >= 0.6 is 0 Å². The van der Waals surface area contributed by atoms with Crippen molar-refractivity contribution in [3.8, 4) is 11.5 Å². The van der Waals surface area contributed by atoms with Crippen molar-refractivity contribution in [1.29, 1.82) is 0 Å². The number of nitro benzene ring substituents is 1. The maximum Gasteiger partial charge on any atom is 0.269 e. The van der Waals surface area contributed by atoms with E-state index in [9.17, 15) is 19.7 Å². The molecule has 2 aromatic carbocycles. The van der Waals surface area contributed by atoms with E-state index in [4.69, 9.17) is 13.9 Å². The lowest BCUT2D eigenvalue weighted by molar-refractivity contribution is -0.384. The maximum atomic E-state index is 13.5. The second-order valence-corrected chi connectivity index (χ2v) is 8.90. The number of carbonyl (C=O) groups is 2. The molecule has 0 bridgehead atoms. The van der Waals surface area contributed by atoms with Gasteiger partial charge in [-0.25, -0.2) is 0 Å². The topological polar surface area (TPSA) is 115 Å². The smallest absolute Gasteiger partial charge is 0.269 e. The molecule has 0 spiro atoms. The van der Waals surface area contributed by atoms with Crippen LogP contribution in [0.15, 0.2) is 71.4 Å². The fourth-order valence-corrected chi connectivity index (χ4v) is 4.07. The summed E-state index contributed by atoms with van der Waals surface area (Å²) in [4.78, 5) is 40.1. The maximum absolute atomic E-state index is 13.5. The van der Waals surface area contributed by atoms with Crippen molar-refractivity contribution >= 4 is 23.6 Å². The summed E-state index contributed by atoms with van der Waals surface area (Å²) in [5.41, 5.74) is 1.50. The molecular formula is C27H25N3O7. The van der Waals surface area contributed by atoms with Crippen LogP contribution in [-0.4, -0.2) is 45.9 Å². The van der Waals surface area contributed by atoms with Crippen LogP contribution in [0, 0.1) is 10.1 Å². The minimum Gasteiger partial charge on any atom is -0.467 e. The van der Waals surface area contributed by atoms with Crippen LogP contribution in [0.1, 0.15) is 29.7 Å². The molecule has 2 aliphatic rings. The molecule has 1 aromatic heterocycles. The molecule has 1 aliphatic heterocycles. The van der Waals surface area contributed by atoms with Gasteiger partial charge in [-0.2, -0.15) is 0 Å². The first-order chi connectivity index (χ1) is 18.0. The number of carbonyl (C=O) groups excluding carboxylic acids is 2. The molecule has 2 amide bonds. The third-order valence-corrected chi connectivity index (χ3v) is 6.19. The number of hydrogen-bond donors (Lipinski definition) is 0. The molecule has 0 radical (unpaired) electrons. The van der Waals surface area contributed by atoms with Crippen LogP contribution in [-0.2, 0) is 22.7 Å². The molecule has 5 rings (SSSR count). The lowest BCUT2D eigenvalue weighted by Crippen LogP contribution is -2.43. The number of furan rings is 1. The highest BCUT2D eigenvalue weighted by Crippen LogP contribution is 2.33. The van der Waals surface area contributed by atoms with Crippen molar-refractivity contribution in [2.24, 2.45) is 0 Å². The number of ether oxygens (including phenoxy) is 2. The molecule has 10 heteroatoms. The lowest BCUT2D eigenvalue weighted by atomic mass is 10.1. The van der Waals surface area contributed by atoms with E-state index >= 15 is 0 Å². The summed E-state index contributed by atoms with van der Waals surface area (Å²) in [6.45, 7) is 0.659. The second-order valence-electron chi connectivity index (χ2n) is 8.90. The molecule has 0 N–H and O–H groups in total. The van der Waals surface area contributed by atoms with E-state index in [1.165, 1.54) is 18.2 Å². The van der Waals surface area contributed by atoms with Crippen molar-refractivity contribution in [3.63, 3.8) is 0 Å². The summed E-state index contributed by atoms with van der Waals surface area (Å²) in [6, 6.07) is 15.0. The van der Waals surface area contributed by atoms with Gasteiger partial charge in [0.25, 0.3) is 5.69 Å². The number of rotatable bonds is 10. The highest BCUT2D eigenvalue weighted by molar-refractivity contribution is 5.94. The Hall–Kier alpha value is -4.60. The first-order valence-electron chi connectivity index (χ1n) is 11.9. The Kier molecular flexibility index (Phi) is 6.89. The zero-order chi connectivity index (χ0) is 25.8. The number of non-ortho nitro benzene ring substituents is 1. The third-order valence-electron chi connectivity index (χ3n) is 6.19. The van der Waals surface area contributed by atoms with Crippen LogP contribution in [0.4, 0.5) is 5.69 Å². The van der Waals surface area contributed by atoms with Crippen LogP contribution < -0.4 is 9.47 Å². The van der Waals surface area contributed by atoms with Crippen molar-refractivity contribution < 1.29 is 28.4 Å². The van der Waals surface area contributed by atoms with Crippen molar-refractivity contribution in [1.82, 2.24) is 9.80 Å². The number of nitrogens with zero attached hydrogens (tertiary/aromatic N) is 3. The Morgan fingerprint density at radius 3 is 2.51 bits per heavy atom. The summed E-state index contributed by atoms with van der Waals surface area (Å²) in [5, 5.41) is 10.8. The van der Waals surface area contributed by atoms with Crippen LogP contribution in [0.2, 0.25) is 0 Å². The molecule has 1 saturated carbocycles. The normalized spacial score (nSPS) is 14.1. The van der Waals surface area contributed by atoms with E-state index in [0.29, 0.717) is 29.4 Å². The fraction of sp³-hybridized carbons (Fsp3) is 0.259. The Morgan fingerprint density at radius 1 is 1.03 bits per heavy atom. The Balaban J connectivity index is 1.29. The van der Waals surface area contributed by atoms with Gasteiger partial charge < -0.3 is 23.7 Å². The summed E-state index contributed by atoms with van der Waals surface area (Å²) in [6.07, 6.45) is 6.23. The number of benzene rings is 2. The van der Waals surface area contributed by atoms with E-state index in [2.05, 4.69) is 0 Å². The van der Waals surface area contributed by atoms with Crippen molar-refractivity contribution in [3.05, 3.63) is 93.9 Å². The molecule has 190 valence electrons. The van der Waals surface area contributed by atoms with Gasteiger partial charge in [0, 0.05) is 30.8 Å². The van der Waals surface area contributed by atoms with Crippen LogP contribution in [0.5, 0.6) is 11.5 Å². The van der Waals surface area contributed by atoms with Gasteiger partial charge in [-0.05, 0) is 66.4 Å². The van der Waals surface area contributed by atoms with E-state index in [0.717, 1.165) is 18.4 Å². The van der Waals surface area contributed by atoms with Crippen LogP contribution in [0.3, 0.4) is 0 Å². The monoisotopic (exact) mass is 503 g/mol. The number of amides is 2. The van der Waals surface area contributed by atoms with Gasteiger partial charge in [-0.15, -0.1) is 0 Å². The Labute approximate surface area is 212 Å². The van der Waals surface area contributed by atoms with Crippen molar-refractivity contribution in [2.45, 2.75) is 32.0 Å². The Morgan fingerprint density at radius 2 is 1.81 bits per heavy atom. The minimum absolute atomic E-state index is 0.00830. The van der Waals surface area contributed by atoms with Gasteiger partial charge in [-0.1, -0.05) is 6.07 Å². The highest BCUT2D eigenvalue weighted by atomic mass is 16.7. The van der Waals surface area contributed by atoms with Gasteiger partial charge >= 0.3 is 0 Å². The van der Waals surface area contributed by atoms with E-state index in [1.807, 2.05) is 18.2 Å². The van der Waals surface area contributed by atoms with Gasteiger partial charge in [-0.3, -0.25) is 19.7 Å². The summed E-state index contributed by atoms with van der Waals surface area (Å²) >= 11 is 0. The van der Waals surface area contributed by atoms with E-state index in [1.54, 1.807) is 46.4 Å². The average molecular weight is 504 g/mol. The molecule has 1 fully saturated rings. The molecule has 10 nitrogen and oxygen atoms in total. The summed E-state index contributed by atoms with van der Waals surface area (Å²) in [5.74, 6) is 1.44. The van der Waals surface area contributed by atoms with E-state index < -0.39 is 4.92 Å². The SMILES string of the molecule is O=C(CN(C(=O)C=Cc1ccc([N+](=O)[O-])cc1)C1CC1)N(Cc1ccc2c(c1)OCO2)Cc1ccco1. The predicted molar refractivity (Wildman–Crippen MR) is 132 cm³/mol. The third kappa shape index (κ3) is 5.97. The predicted octanol–water partition coefficient (Wildman–Crippen LogP) is 4.15. The average Bonchev–Trinajstić information content (AvgIpc) is 3.40. The molecular weight excluding hydrogens is 478 g/mol. The zero-order valence-corrected chi connectivity index (χ0v) is 19.9. The minimum atomic E-state index is -0.475. The molecule has 2 heterocycles. The summed E-state index contributed by atoms with van der Waals surface area (Å²) in [7, 11) is 0. The molecule has 0 saturated heterocycles. The number of hydrogen-bond acceptors (Lipinski definition) is 7. The van der Waals surface area contributed by atoms with Gasteiger partial charge in [0.15, 0.2) is 11.5 Å². The molecule has 1 aliphatic carbocycles. The summed E-state index contributed by atoms with van der Waals surface area (Å²) < 4.78 is 16.3. The Bertz CT molecular complexity index is 1310. The largest absolute Gasteiger partial charge is 0.467 e. The molecule has 0 unspecified atom stereocenters. The lowest BCUT2D eigenvalue weighted by Gasteiger charge is -2.27. The number of nitro groups is 1. The standard InChI is InChI=1S/C27H25N3O7/c31-26(12-6-19-3-7-22(8-4-19)30(33)34)29(21-9-10-21)17-27(32)28(16-23-2-1-13-35-23)15-20-5-11-24-25(14-20)37-18-36-24/h1-8,11-14,21H,9-10,15-18H2. The van der Waals surface area contributed by atoms with Gasteiger partial charge in [0.2, 0.25) is 18.6 Å². The first kappa shape index (κ1) is 24.1. The number of fused-ring (bicyclic) bond motifs is 1. The first-order valence-corrected chi connectivity index (χ1v) is 11.9. The van der Waals surface area contributed by atoms with Gasteiger partial charge in [0.05, 0.1) is 17.7 Å². The fourth-order valence-electron chi connectivity index (χ4n) is 4.07. The molecule has 0 atom stereocenters. The second kappa shape index (κ2) is 10.6. The molecule has 37 heavy (non-hydrogen) atoms. The van der Waals surface area contributed by atoms with Gasteiger partial charge in [0.1, 0.15) is 12.3 Å². The van der Waals surface area contributed by atoms with Crippen LogP contribution in [0.25, 0.3) is 6.08 Å². The van der Waals surface area contributed by atoms with Crippen molar-refractivity contribution in [2.75, 3.05) is 13.3 Å². The molecule has 3 aromatic rings.